The lowest BCUT2D eigenvalue weighted by atomic mass is 9.94. The van der Waals surface area contributed by atoms with Crippen LogP contribution in [-0.2, 0) is 4.79 Å². The molecule has 0 saturated carbocycles. The summed E-state index contributed by atoms with van der Waals surface area (Å²) in [6.45, 7) is 1.93. The van der Waals surface area contributed by atoms with E-state index in [-0.39, 0.29) is 11.9 Å². The molecule has 152 valence electrons. The Kier molecular flexibility index (Phi) is 6.90. The van der Waals surface area contributed by atoms with Gasteiger partial charge in [-0.1, -0.05) is 66.7 Å². The summed E-state index contributed by atoms with van der Waals surface area (Å²) in [5.74, 6) is 0.325. The number of hydrazone groups is 1. The number of nitrogens with one attached hydrogen (secondary N) is 1. The molecular formula is C24H24N4OS. The number of carbonyl (C=O) groups is 1. The van der Waals surface area contributed by atoms with Gasteiger partial charge < -0.3 is 0 Å². The van der Waals surface area contributed by atoms with Crippen LogP contribution in [0.25, 0.3) is 0 Å². The zero-order valence-electron chi connectivity index (χ0n) is 16.6. The molecule has 1 aliphatic rings. The summed E-state index contributed by atoms with van der Waals surface area (Å²) in [7, 11) is 0. The first kappa shape index (κ1) is 20.3. The SMILES string of the molecule is O=C(CSC1CN(C(c2ccccc2)c2ccccc2)C1)NN=Cc1cccnc1. The van der Waals surface area contributed by atoms with E-state index in [9.17, 15) is 4.79 Å². The molecule has 1 fully saturated rings. The first-order valence-corrected chi connectivity index (χ1v) is 11.0. The highest BCUT2D eigenvalue weighted by atomic mass is 32.2. The van der Waals surface area contributed by atoms with Crippen molar-refractivity contribution in [1.82, 2.24) is 15.3 Å². The minimum atomic E-state index is -0.0822. The second-order valence-electron chi connectivity index (χ2n) is 7.19. The summed E-state index contributed by atoms with van der Waals surface area (Å²) in [4.78, 5) is 18.5. The zero-order valence-corrected chi connectivity index (χ0v) is 17.4. The fourth-order valence-corrected chi connectivity index (χ4v) is 4.57. The number of pyridine rings is 1. The number of hydrogen-bond acceptors (Lipinski definition) is 5. The lowest BCUT2D eigenvalue weighted by Gasteiger charge is -2.44. The van der Waals surface area contributed by atoms with E-state index < -0.39 is 0 Å². The van der Waals surface area contributed by atoms with Crippen molar-refractivity contribution in [3.05, 3.63) is 102 Å². The molecule has 0 atom stereocenters. The predicted molar refractivity (Wildman–Crippen MR) is 123 cm³/mol. The van der Waals surface area contributed by atoms with Gasteiger partial charge in [0.1, 0.15) is 0 Å². The van der Waals surface area contributed by atoms with Crippen LogP contribution in [0, 0.1) is 0 Å². The third-order valence-corrected chi connectivity index (χ3v) is 6.21. The number of carbonyl (C=O) groups excluding carboxylic acids is 1. The van der Waals surface area contributed by atoms with Crippen LogP contribution in [0.2, 0.25) is 0 Å². The third kappa shape index (κ3) is 5.34. The van der Waals surface area contributed by atoms with Gasteiger partial charge in [0.05, 0.1) is 18.0 Å². The molecule has 0 unspecified atom stereocenters. The van der Waals surface area contributed by atoms with Crippen molar-refractivity contribution < 1.29 is 4.79 Å². The molecule has 1 amide bonds. The number of aromatic nitrogens is 1. The van der Waals surface area contributed by atoms with Crippen molar-refractivity contribution in [2.45, 2.75) is 11.3 Å². The molecule has 0 aliphatic carbocycles. The van der Waals surface area contributed by atoms with E-state index in [0.717, 1.165) is 18.7 Å². The van der Waals surface area contributed by atoms with Gasteiger partial charge >= 0.3 is 0 Å². The molecule has 1 aliphatic heterocycles. The van der Waals surface area contributed by atoms with Crippen LogP contribution in [0.5, 0.6) is 0 Å². The predicted octanol–water partition coefficient (Wildman–Crippen LogP) is 3.74. The van der Waals surface area contributed by atoms with Crippen molar-refractivity contribution in [3.8, 4) is 0 Å². The van der Waals surface area contributed by atoms with Crippen LogP contribution in [-0.4, -0.2) is 46.1 Å². The van der Waals surface area contributed by atoms with E-state index in [1.165, 1.54) is 11.1 Å². The second kappa shape index (κ2) is 10.2. The van der Waals surface area contributed by atoms with Crippen molar-refractivity contribution in [3.63, 3.8) is 0 Å². The monoisotopic (exact) mass is 416 g/mol. The second-order valence-corrected chi connectivity index (χ2v) is 8.48. The summed E-state index contributed by atoms with van der Waals surface area (Å²) in [6, 6.07) is 25.2. The van der Waals surface area contributed by atoms with Crippen molar-refractivity contribution >= 4 is 23.9 Å². The minimum Gasteiger partial charge on any atom is -0.290 e. The Bertz CT molecular complexity index is 921. The molecule has 2 aromatic carbocycles. The molecule has 30 heavy (non-hydrogen) atoms. The highest BCUT2D eigenvalue weighted by molar-refractivity contribution is 8.00. The molecule has 1 saturated heterocycles. The fourth-order valence-electron chi connectivity index (χ4n) is 3.53. The van der Waals surface area contributed by atoms with Gasteiger partial charge in [0.15, 0.2) is 0 Å². The maximum atomic E-state index is 12.1. The molecule has 0 radical (unpaired) electrons. The van der Waals surface area contributed by atoms with Crippen molar-refractivity contribution in [2.24, 2.45) is 5.10 Å². The average molecular weight is 417 g/mol. The number of likely N-dealkylation sites (tertiary alicyclic amines) is 1. The molecule has 1 aromatic heterocycles. The van der Waals surface area contributed by atoms with Crippen molar-refractivity contribution in [1.29, 1.82) is 0 Å². The van der Waals surface area contributed by atoms with Gasteiger partial charge in [0, 0.05) is 36.3 Å². The van der Waals surface area contributed by atoms with Crippen LogP contribution in [0.1, 0.15) is 22.7 Å². The standard InChI is InChI=1S/C24H24N4OS/c29-23(27-26-15-19-8-7-13-25-14-19)18-30-22-16-28(17-22)24(20-9-3-1-4-10-20)21-11-5-2-6-12-21/h1-15,22,24H,16-18H2,(H,27,29). The Labute approximate surface area is 181 Å². The molecule has 3 aromatic rings. The maximum absolute atomic E-state index is 12.1. The van der Waals surface area contributed by atoms with E-state index in [1.54, 1.807) is 30.4 Å². The van der Waals surface area contributed by atoms with E-state index in [0.29, 0.717) is 11.0 Å². The minimum absolute atomic E-state index is 0.0822. The number of benzene rings is 2. The molecule has 5 nitrogen and oxygen atoms in total. The number of thioether (sulfide) groups is 1. The topological polar surface area (TPSA) is 57.6 Å². The lowest BCUT2D eigenvalue weighted by molar-refractivity contribution is -0.118. The van der Waals surface area contributed by atoms with E-state index in [2.05, 4.69) is 81.1 Å². The van der Waals surface area contributed by atoms with Gasteiger partial charge in [0.2, 0.25) is 5.91 Å². The number of rotatable bonds is 8. The Balaban J connectivity index is 1.27. The zero-order chi connectivity index (χ0) is 20.6. The number of nitrogens with zero attached hydrogens (tertiary/aromatic N) is 3. The summed E-state index contributed by atoms with van der Waals surface area (Å²) in [5, 5.41) is 4.45. The third-order valence-electron chi connectivity index (χ3n) is 5.01. The Hall–Kier alpha value is -2.96. The number of amides is 1. The first-order chi connectivity index (χ1) is 14.8. The summed E-state index contributed by atoms with van der Waals surface area (Å²) in [6.07, 6.45) is 5.00. The molecule has 1 N–H and O–H groups in total. The van der Waals surface area contributed by atoms with Gasteiger partial charge in [-0.05, 0) is 17.2 Å². The highest BCUT2D eigenvalue weighted by Crippen LogP contribution is 2.35. The molecule has 0 bridgehead atoms. The molecule has 4 rings (SSSR count). The summed E-state index contributed by atoms with van der Waals surface area (Å²) < 4.78 is 0. The quantitative estimate of drug-likeness (QED) is 0.449. The molecule has 0 spiro atoms. The maximum Gasteiger partial charge on any atom is 0.250 e. The van der Waals surface area contributed by atoms with Crippen LogP contribution < -0.4 is 5.43 Å². The van der Waals surface area contributed by atoms with Crippen molar-refractivity contribution in [2.75, 3.05) is 18.8 Å². The van der Waals surface area contributed by atoms with Gasteiger partial charge in [-0.3, -0.25) is 14.7 Å². The van der Waals surface area contributed by atoms with E-state index >= 15 is 0 Å². The number of hydrogen-bond donors (Lipinski definition) is 1. The van der Waals surface area contributed by atoms with Gasteiger partial charge in [-0.2, -0.15) is 5.10 Å². The van der Waals surface area contributed by atoms with E-state index in [1.807, 2.05) is 12.1 Å². The smallest absolute Gasteiger partial charge is 0.250 e. The summed E-state index contributed by atoms with van der Waals surface area (Å²) >= 11 is 1.69. The Morgan fingerprint density at radius 1 is 1.07 bits per heavy atom. The average Bonchev–Trinajstić information content (AvgIpc) is 2.77. The van der Waals surface area contributed by atoms with E-state index in [4.69, 9.17) is 0 Å². The van der Waals surface area contributed by atoms with Crippen LogP contribution >= 0.6 is 11.8 Å². The van der Waals surface area contributed by atoms with Gasteiger partial charge in [-0.25, -0.2) is 5.43 Å². The molecule has 6 heteroatoms. The molecular weight excluding hydrogens is 392 g/mol. The van der Waals surface area contributed by atoms with Crippen LogP contribution in [0.3, 0.4) is 0 Å². The largest absolute Gasteiger partial charge is 0.290 e. The first-order valence-electron chi connectivity index (χ1n) is 9.97. The molecule has 2 heterocycles. The Morgan fingerprint density at radius 3 is 2.33 bits per heavy atom. The lowest BCUT2D eigenvalue weighted by Crippen LogP contribution is -2.51. The van der Waals surface area contributed by atoms with Crippen LogP contribution in [0.4, 0.5) is 0 Å². The normalized spacial score (nSPS) is 14.7. The summed E-state index contributed by atoms with van der Waals surface area (Å²) in [5.41, 5.74) is 6.04. The van der Waals surface area contributed by atoms with Gasteiger partial charge in [-0.15, -0.1) is 11.8 Å². The Morgan fingerprint density at radius 2 is 1.73 bits per heavy atom. The fraction of sp³-hybridized carbons (Fsp3) is 0.208. The van der Waals surface area contributed by atoms with Gasteiger partial charge in [0.25, 0.3) is 0 Å². The van der Waals surface area contributed by atoms with Crippen LogP contribution in [0.15, 0.2) is 90.3 Å². The highest BCUT2D eigenvalue weighted by Gasteiger charge is 2.34.